The third-order valence-electron chi connectivity index (χ3n) is 3.42. The summed E-state index contributed by atoms with van der Waals surface area (Å²) in [5.74, 6) is -0.590. The topological polar surface area (TPSA) is 59.8 Å². The van der Waals surface area contributed by atoms with Gasteiger partial charge in [-0.05, 0) is 30.3 Å². The van der Waals surface area contributed by atoms with Gasteiger partial charge >= 0.3 is 6.18 Å². The van der Waals surface area contributed by atoms with Gasteiger partial charge in [-0.15, -0.1) is 0 Å². The highest BCUT2D eigenvalue weighted by Crippen LogP contribution is 2.36. The Labute approximate surface area is 158 Å². The molecule has 10 heteroatoms. The number of carbonyl (C=O) groups excluding carboxylic acids is 1. The molecular formula is C16H9BrClF3N4O. The van der Waals surface area contributed by atoms with Gasteiger partial charge in [0.15, 0.2) is 0 Å². The molecule has 0 saturated heterocycles. The minimum atomic E-state index is -4.50. The van der Waals surface area contributed by atoms with Crippen molar-refractivity contribution in [3.05, 3.63) is 69.7 Å². The number of hydrogen-bond donors (Lipinski definition) is 1. The zero-order valence-electron chi connectivity index (χ0n) is 12.8. The third-order valence-corrected chi connectivity index (χ3v) is 4.39. The molecule has 5 nitrogen and oxygen atoms in total. The fourth-order valence-electron chi connectivity index (χ4n) is 2.28. The minimum Gasteiger partial charge on any atom is -0.322 e. The molecule has 0 radical (unpaired) electrons. The molecule has 1 N–H and O–H groups in total. The summed E-state index contributed by atoms with van der Waals surface area (Å²) < 4.78 is 39.6. The number of nitrogens with zero attached hydrogens (tertiary/aromatic N) is 3. The van der Waals surface area contributed by atoms with E-state index >= 15 is 0 Å². The molecular weight excluding hydrogens is 437 g/mol. The summed E-state index contributed by atoms with van der Waals surface area (Å²) in [5, 5.41) is 6.67. The van der Waals surface area contributed by atoms with Crippen molar-refractivity contribution in [2.75, 3.05) is 5.32 Å². The van der Waals surface area contributed by atoms with E-state index in [-0.39, 0.29) is 20.7 Å². The lowest BCUT2D eigenvalue weighted by Gasteiger charge is -2.13. The Morgan fingerprint density at radius 2 is 2.00 bits per heavy atom. The van der Waals surface area contributed by atoms with Crippen molar-refractivity contribution >= 4 is 39.1 Å². The summed E-state index contributed by atoms with van der Waals surface area (Å²) in [5.41, 5.74) is -0.148. The average molecular weight is 446 g/mol. The summed E-state index contributed by atoms with van der Waals surface area (Å²) in [7, 11) is 0. The summed E-state index contributed by atoms with van der Waals surface area (Å²) >= 11 is 9.01. The van der Waals surface area contributed by atoms with E-state index in [1.54, 1.807) is 12.1 Å². The van der Waals surface area contributed by atoms with Crippen LogP contribution in [-0.4, -0.2) is 20.7 Å². The van der Waals surface area contributed by atoms with Crippen LogP contribution >= 0.6 is 27.5 Å². The lowest BCUT2D eigenvalue weighted by atomic mass is 10.1. The second kappa shape index (κ2) is 7.08. The fraction of sp³-hybridized carbons (Fsp3) is 0.0625. The van der Waals surface area contributed by atoms with Gasteiger partial charge in [-0.25, -0.2) is 9.67 Å². The van der Waals surface area contributed by atoms with Crippen molar-refractivity contribution in [3.63, 3.8) is 0 Å². The van der Waals surface area contributed by atoms with Crippen molar-refractivity contribution in [1.29, 1.82) is 0 Å². The molecule has 1 amide bonds. The Bertz CT molecular complexity index is 961. The molecule has 2 aromatic carbocycles. The molecule has 0 saturated carbocycles. The molecule has 0 spiro atoms. The van der Waals surface area contributed by atoms with E-state index < -0.39 is 17.6 Å². The van der Waals surface area contributed by atoms with Crippen LogP contribution in [0.3, 0.4) is 0 Å². The Hall–Kier alpha value is -2.39. The number of hydrogen-bond acceptors (Lipinski definition) is 3. The highest BCUT2D eigenvalue weighted by molar-refractivity contribution is 9.10. The molecule has 26 heavy (non-hydrogen) atoms. The third kappa shape index (κ3) is 3.73. The zero-order chi connectivity index (χ0) is 18.9. The van der Waals surface area contributed by atoms with Crippen LogP contribution in [0.5, 0.6) is 0 Å². The molecule has 3 aromatic rings. The van der Waals surface area contributed by atoms with Gasteiger partial charge in [0.05, 0.1) is 21.8 Å². The lowest BCUT2D eigenvalue weighted by molar-refractivity contribution is -0.138. The smallest absolute Gasteiger partial charge is 0.322 e. The van der Waals surface area contributed by atoms with Crippen LogP contribution < -0.4 is 5.32 Å². The Kier molecular flexibility index (Phi) is 5.01. The number of rotatable bonds is 3. The van der Waals surface area contributed by atoms with E-state index in [1.165, 1.54) is 29.5 Å². The molecule has 0 aliphatic heterocycles. The molecule has 0 bridgehead atoms. The van der Waals surface area contributed by atoms with Gasteiger partial charge in [0, 0.05) is 10.2 Å². The van der Waals surface area contributed by atoms with Crippen molar-refractivity contribution in [1.82, 2.24) is 14.8 Å². The minimum absolute atomic E-state index is 0.121. The number of nitrogens with one attached hydrogen (secondary N) is 1. The lowest BCUT2D eigenvalue weighted by Crippen LogP contribution is -2.16. The maximum Gasteiger partial charge on any atom is 0.417 e. The van der Waals surface area contributed by atoms with Crippen LogP contribution in [0.1, 0.15) is 15.9 Å². The molecule has 1 heterocycles. The summed E-state index contributed by atoms with van der Waals surface area (Å²) in [6.45, 7) is 0. The molecule has 0 fully saturated rings. The quantitative estimate of drug-likeness (QED) is 0.620. The van der Waals surface area contributed by atoms with Gasteiger partial charge in [-0.2, -0.15) is 18.3 Å². The number of carbonyl (C=O) groups is 1. The van der Waals surface area contributed by atoms with E-state index in [0.717, 1.165) is 12.1 Å². The predicted molar refractivity (Wildman–Crippen MR) is 93.5 cm³/mol. The van der Waals surface area contributed by atoms with E-state index in [9.17, 15) is 18.0 Å². The number of anilines is 1. The van der Waals surface area contributed by atoms with Gasteiger partial charge in [-0.3, -0.25) is 4.79 Å². The standard InChI is InChI=1S/C16H9BrClF3N4O/c17-11-6-9(4-5-10(11)16(19,20)21)24-15(26)14-12(18)2-1-3-13(14)25-8-22-7-23-25/h1-8H,(H,24,26). The Morgan fingerprint density at radius 1 is 1.23 bits per heavy atom. The first-order chi connectivity index (χ1) is 12.3. The average Bonchev–Trinajstić information content (AvgIpc) is 3.07. The maximum atomic E-state index is 12.8. The van der Waals surface area contributed by atoms with Gasteiger partial charge < -0.3 is 5.32 Å². The molecule has 0 aliphatic rings. The van der Waals surface area contributed by atoms with Crippen LogP contribution in [0.25, 0.3) is 5.69 Å². The molecule has 0 unspecified atom stereocenters. The van der Waals surface area contributed by atoms with E-state index in [4.69, 9.17) is 11.6 Å². The van der Waals surface area contributed by atoms with Crippen molar-refractivity contribution < 1.29 is 18.0 Å². The van der Waals surface area contributed by atoms with Crippen LogP contribution in [0.4, 0.5) is 18.9 Å². The number of aromatic nitrogens is 3. The number of halogens is 5. The van der Waals surface area contributed by atoms with Gasteiger partial charge in [0.2, 0.25) is 0 Å². The largest absolute Gasteiger partial charge is 0.417 e. The number of alkyl halides is 3. The summed E-state index contributed by atoms with van der Waals surface area (Å²) in [4.78, 5) is 16.5. The molecule has 0 atom stereocenters. The first-order valence-electron chi connectivity index (χ1n) is 7.09. The molecule has 1 aromatic heterocycles. The number of benzene rings is 2. The van der Waals surface area contributed by atoms with Gasteiger partial charge in [-0.1, -0.05) is 33.6 Å². The van der Waals surface area contributed by atoms with Crippen LogP contribution in [0.15, 0.2) is 53.5 Å². The van der Waals surface area contributed by atoms with E-state index in [1.807, 2.05) is 0 Å². The SMILES string of the molecule is O=C(Nc1ccc(C(F)(F)F)c(Br)c1)c1c(Cl)cccc1-n1cncn1. The zero-order valence-corrected chi connectivity index (χ0v) is 15.1. The van der Waals surface area contributed by atoms with Crippen molar-refractivity contribution in [2.45, 2.75) is 6.18 Å². The molecule has 0 aliphatic carbocycles. The maximum absolute atomic E-state index is 12.8. The number of amides is 1. The van der Waals surface area contributed by atoms with E-state index in [0.29, 0.717) is 5.69 Å². The van der Waals surface area contributed by atoms with E-state index in [2.05, 4.69) is 31.3 Å². The highest BCUT2D eigenvalue weighted by atomic mass is 79.9. The molecule has 3 rings (SSSR count). The molecule has 134 valence electrons. The second-order valence-corrected chi connectivity index (χ2v) is 6.38. The van der Waals surface area contributed by atoms with Crippen LogP contribution in [0.2, 0.25) is 5.02 Å². The van der Waals surface area contributed by atoms with Crippen LogP contribution in [-0.2, 0) is 6.18 Å². The summed E-state index contributed by atoms with van der Waals surface area (Å²) in [6.07, 6.45) is -1.79. The highest BCUT2D eigenvalue weighted by Gasteiger charge is 2.33. The Balaban J connectivity index is 1.94. The first-order valence-corrected chi connectivity index (χ1v) is 8.26. The van der Waals surface area contributed by atoms with Crippen LogP contribution in [0, 0.1) is 0 Å². The van der Waals surface area contributed by atoms with Crippen molar-refractivity contribution in [3.8, 4) is 5.69 Å². The predicted octanol–water partition coefficient (Wildman–Crippen LogP) is 4.95. The fourth-order valence-corrected chi connectivity index (χ4v) is 3.14. The second-order valence-electron chi connectivity index (χ2n) is 5.12. The first kappa shape index (κ1) is 18.4. The van der Waals surface area contributed by atoms with Gasteiger partial charge in [0.25, 0.3) is 5.91 Å². The summed E-state index contributed by atoms with van der Waals surface area (Å²) in [6, 6.07) is 8.01. The van der Waals surface area contributed by atoms with Gasteiger partial charge in [0.1, 0.15) is 12.7 Å². The monoisotopic (exact) mass is 444 g/mol. The van der Waals surface area contributed by atoms with Crippen molar-refractivity contribution in [2.24, 2.45) is 0 Å². The normalized spacial score (nSPS) is 11.4. The Morgan fingerprint density at radius 3 is 2.62 bits per heavy atom.